The van der Waals surface area contributed by atoms with E-state index >= 15 is 0 Å². The second-order valence-electron chi connectivity index (χ2n) is 5.61. The Bertz CT molecular complexity index is 652. The zero-order valence-corrected chi connectivity index (χ0v) is 15.8. The van der Waals surface area contributed by atoms with Gasteiger partial charge in [-0.1, -0.05) is 30.3 Å². The van der Waals surface area contributed by atoms with Gasteiger partial charge in [-0.2, -0.15) is 0 Å². The Balaban J connectivity index is 0.00000208. The van der Waals surface area contributed by atoms with Gasteiger partial charge < -0.3 is 15.5 Å². The smallest absolute Gasteiger partial charge is 0.191 e. The number of hydrogen-bond donors (Lipinski definition) is 1. The van der Waals surface area contributed by atoms with E-state index in [0.717, 1.165) is 37.4 Å². The van der Waals surface area contributed by atoms with Crippen LogP contribution in [0.4, 0.5) is 10.1 Å². The number of benzene rings is 2. The molecule has 0 amide bonds. The lowest BCUT2D eigenvalue weighted by molar-refractivity contribution is 0.380. The molecule has 0 saturated carbocycles. The van der Waals surface area contributed by atoms with Crippen LogP contribution in [0.1, 0.15) is 5.56 Å². The van der Waals surface area contributed by atoms with Crippen molar-refractivity contribution in [1.82, 2.24) is 4.90 Å². The average molecular weight is 440 g/mol. The SMILES string of the molecule is I.NC(=NCc1ccccc1)N1CCN(c2ccc(F)cc2)CC1. The fourth-order valence-electron chi connectivity index (χ4n) is 2.70. The third-order valence-corrected chi connectivity index (χ3v) is 4.06. The topological polar surface area (TPSA) is 44.9 Å². The highest BCUT2D eigenvalue weighted by atomic mass is 127. The van der Waals surface area contributed by atoms with Crippen molar-refractivity contribution in [3.05, 3.63) is 66.0 Å². The lowest BCUT2D eigenvalue weighted by Crippen LogP contribution is -2.51. The minimum Gasteiger partial charge on any atom is -0.370 e. The van der Waals surface area contributed by atoms with E-state index in [4.69, 9.17) is 5.73 Å². The summed E-state index contributed by atoms with van der Waals surface area (Å²) >= 11 is 0. The van der Waals surface area contributed by atoms with E-state index in [2.05, 4.69) is 14.8 Å². The van der Waals surface area contributed by atoms with E-state index in [0.29, 0.717) is 12.5 Å². The van der Waals surface area contributed by atoms with Crippen LogP contribution in [-0.2, 0) is 6.54 Å². The maximum atomic E-state index is 13.0. The molecule has 1 heterocycles. The van der Waals surface area contributed by atoms with Gasteiger partial charge in [0.2, 0.25) is 0 Å². The first kappa shape index (κ1) is 18.5. The summed E-state index contributed by atoms with van der Waals surface area (Å²) in [4.78, 5) is 8.82. The zero-order valence-electron chi connectivity index (χ0n) is 13.4. The molecule has 6 heteroatoms. The van der Waals surface area contributed by atoms with E-state index in [-0.39, 0.29) is 29.8 Å². The van der Waals surface area contributed by atoms with Crippen LogP contribution in [0.2, 0.25) is 0 Å². The molecule has 0 bridgehead atoms. The van der Waals surface area contributed by atoms with Crippen LogP contribution in [0.25, 0.3) is 0 Å². The van der Waals surface area contributed by atoms with Crippen molar-refractivity contribution in [3.63, 3.8) is 0 Å². The predicted molar refractivity (Wildman–Crippen MR) is 107 cm³/mol. The quantitative estimate of drug-likeness (QED) is 0.454. The van der Waals surface area contributed by atoms with Gasteiger partial charge in [-0.15, -0.1) is 24.0 Å². The van der Waals surface area contributed by atoms with Gasteiger partial charge in [0.15, 0.2) is 5.96 Å². The summed E-state index contributed by atoms with van der Waals surface area (Å²) in [5.41, 5.74) is 8.31. The minimum atomic E-state index is -0.204. The number of anilines is 1. The van der Waals surface area contributed by atoms with Crippen LogP contribution in [0.3, 0.4) is 0 Å². The first-order valence-electron chi connectivity index (χ1n) is 7.82. The van der Waals surface area contributed by atoms with Crippen molar-refractivity contribution in [2.24, 2.45) is 10.7 Å². The highest BCUT2D eigenvalue weighted by molar-refractivity contribution is 14.0. The highest BCUT2D eigenvalue weighted by Gasteiger charge is 2.18. The summed E-state index contributed by atoms with van der Waals surface area (Å²) in [6, 6.07) is 16.7. The lowest BCUT2D eigenvalue weighted by atomic mass is 10.2. The third-order valence-electron chi connectivity index (χ3n) is 4.06. The monoisotopic (exact) mass is 440 g/mol. The first-order valence-corrected chi connectivity index (χ1v) is 7.82. The number of guanidine groups is 1. The van der Waals surface area contributed by atoms with E-state index in [9.17, 15) is 4.39 Å². The first-order chi connectivity index (χ1) is 11.2. The largest absolute Gasteiger partial charge is 0.370 e. The maximum Gasteiger partial charge on any atom is 0.191 e. The number of nitrogens with zero attached hydrogens (tertiary/aromatic N) is 3. The molecule has 0 atom stereocenters. The summed E-state index contributed by atoms with van der Waals surface area (Å²) in [7, 11) is 0. The number of aliphatic imine (C=N–C) groups is 1. The molecule has 2 aromatic rings. The van der Waals surface area contributed by atoms with E-state index in [1.807, 2.05) is 42.5 Å². The number of hydrogen-bond acceptors (Lipinski definition) is 2. The van der Waals surface area contributed by atoms with E-state index in [1.165, 1.54) is 12.1 Å². The molecule has 1 saturated heterocycles. The highest BCUT2D eigenvalue weighted by Crippen LogP contribution is 2.16. The Morgan fingerprint density at radius 1 is 0.958 bits per heavy atom. The molecule has 0 spiro atoms. The molecule has 128 valence electrons. The second kappa shape index (κ2) is 8.86. The number of nitrogens with two attached hydrogens (primary N) is 1. The van der Waals surface area contributed by atoms with Crippen molar-refractivity contribution in [2.75, 3.05) is 31.1 Å². The second-order valence-corrected chi connectivity index (χ2v) is 5.61. The predicted octanol–water partition coefficient (Wildman–Crippen LogP) is 3.08. The molecule has 1 aliphatic rings. The zero-order chi connectivity index (χ0) is 16.1. The molecule has 0 radical (unpaired) electrons. The summed E-state index contributed by atoms with van der Waals surface area (Å²) in [6.07, 6.45) is 0. The Morgan fingerprint density at radius 2 is 1.58 bits per heavy atom. The molecule has 1 aliphatic heterocycles. The Labute approximate surface area is 159 Å². The van der Waals surface area contributed by atoms with E-state index < -0.39 is 0 Å². The van der Waals surface area contributed by atoms with Crippen LogP contribution in [0.15, 0.2) is 59.6 Å². The minimum absolute atomic E-state index is 0. The summed E-state index contributed by atoms with van der Waals surface area (Å²) < 4.78 is 13.0. The summed E-state index contributed by atoms with van der Waals surface area (Å²) in [6.45, 7) is 3.95. The van der Waals surface area contributed by atoms with Gasteiger partial charge in [-0.25, -0.2) is 9.38 Å². The third kappa shape index (κ3) is 4.83. The van der Waals surface area contributed by atoms with Gasteiger partial charge in [0.1, 0.15) is 5.82 Å². The van der Waals surface area contributed by atoms with Crippen molar-refractivity contribution in [3.8, 4) is 0 Å². The van der Waals surface area contributed by atoms with E-state index in [1.54, 1.807) is 0 Å². The normalized spacial score (nSPS) is 15.1. The van der Waals surface area contributed by atoms with Crippen LogP contribution < -0.4 is 10.6 Å². The van der Waals surface area contributed by atoms with Gasteiger partial charge in [0, 0.05) is 31.9 Å². The molecule has 3 rings (SSSR count). The standard InChI is InChI=1S/C18H21FN4.HI/c19-16-6-8-17(9-7-16)22-10-12-23(13-11-22)18(20)21-14-15-4-2-1-3-5-15;/h1-9H,10-14H2,(H2,20,21);1H. The lowest BCUT2D eigenvalue weighted by Gasteiger charge is -2.36. The van der Waals surface area contributed by atoms with Gasteiger partial charge in [-0.3, -0.25) is 0 Å². The van der Waals surface area contributed by atoms with Gasteiger partial charge in [0.25, 0.3) is 0 Å². The van der Waals surface area contributed by atoms with Crippen LogP contribution in [0.5, 0.6) is 0 Å². The molecule has 24 heavy (non-hydrogen) atoms. The molecular formula is C18H22FIN4. The fourth-order valence-corrected chi connectivity index (χ4v) is 2.70. The number of piperazine rings is 1. The molecule has 4 nitrogen and oxygen atoms in total. The summed E-state index contributed by atoms with van der Waals surface area (Å²) in [5.74, 6) is 0.386. The van der Waals surface area contributed by atoms with Gasteiger partial charge in [0.05, 0.1) is 6.54 Å². The molecular weight excluding hydrogens is 418 g/mol. The summed E-state index contributed by atoms with van der Waals surface area (Å²) in [5, 5.41) is 0. The van der Waals surface area contributed by atoms with Gasteiger partial charge >= 0.3 is 0 Å². The van der Waals surface area contributed by atoms with Crippen molar-refractivity contribution in [2.45, 2.75) is 6.54 Å². The Hall–Kier alpha value is -1.83. The Kier molecular flexibility index (Phi) is 6.84. The molecule has 2 aromatic carbocycles. The molecule has 0 aromatic heterocycles. The van der Waals surface area contributed by atoms with Gasteiger partial charge in [-0.05, 0) is 29.8 Å². The maximum absolute atomic E-state index is 13.0. The van der Waals surface area contributed by atoms with Crippen molar-refractivity contribution in [1.29, 1.82) is 0 Å². The van der Waals surface area contributed by atoms with Crippen LogP contribution in [-0.4, -0.2) is 37.0 Å². The van der Waals surface area contributed by atoms with Crippen LogP contribution in [0, 0.1) is 5.82 Å². The fraction of sp³-hybridized carbons (Fsp3) is 0.278. The van der Waals surface area contributed by atoms with Crippen molar-refractivity contribution >= 4 is 35.6 Å². The molecule has 0 unspecified atom stereocenters. The number of rotatable bonds is 3. The molecule has 2 N–H and O–H groups in total. The van der Waals surface area contributed by atoms with Crippen molar-refractivity contribution < 1.29 is 4.39 Å². The number of halogens is 2. The van der Waals surface area contributed by atoms with Crippen LogP contribution >= 0.6 is 24.0 Å². The Morgan fingerprint density at radius 3 is 2.21 bits per heavy atom. The molecule has 0 aliphatic carbocycles. The molecule has 1 fully saturated rings. The average Bonchev–Trinajstić information content (AvgIpc) is 2.61.